The van der Waals surface area contributed by atoms with E-state index in [2.05, 4.69) is 5.32 Å². The maximum absolute atomic E-state index is 12.3. The average Bonchev–Trinajstić information content (AvgIpc) is 3.13. The van der Waals surface area contributed by atoms with E-state index in [-0.39, 0.29) is 24.5 Å². The number of benzene rings is 1. The quantitative estimate of drug-likeness (QED) is 0.874. The summed E-state index contributed by atoms with van der Waals surface area (Å²) in [4.78, 5) is 26.2. The first-order chi connectivity index (χ1) is 13.0. The molecule has 1 fully saturated rings. The van der Waals surface area contributed by atoms with Crippen LogP contribution in [-0.2, 0) is 4.79 Å². The first-order valence-electron chi connectivity index (χ1n) is 8.83. The van der Waals surface area contributed by atoms with Gasteiger partial charge in [-0.3, -0.25) is 9.59 Å². The molecule has 27 heavy (non-hydrogen) atoms. The summed E-state index contributed by atoms with van der Waals surface area (Å²) in [5, 5.41) is 11.7. The van der Waals surface area contributed by atoms with Gasteiger partial charge in [0, 0.05) is 19.1 Å². The van der Waals surface area contributed by atoms with Crippen LogP contribution in [0.5, 0.6) is 5.75 Å². The lowest BCUT2D eigenvalue weighted by Gasteiger charge is -2.32. The maximum atomic E-state index is 12.3. The van der Waals surface area contributed by atoms with Crippen molar-refractivity contribution in [3.05, 3.63) is 53.5 Å². The fourth-order valence-corrected chi connectivity index (χ4v) is 2.95. The zero-order valence-corrected chi connectivity index (χ0v) is 15.1. The first kappa shape index (κ1) is 18.5. The topological polar surface area (TPSA) is 95.6 Å². The van der Waals surface area contributed by atoms with E-state index in [1.165, 1.54) is 0 Å². The summed E-state index contributed by atoms with van der Waals surface area (Å²) in [7, 11) is 0. The van der Waals surface area contributed by atoms with E-state index in [0.717, 1.165) is 0 Å². The molecule has 1 aliphatic rings. The van der Waals surface area contributed by atoms with Gasteiger partial charge in [-0.05, 0) is 56.2 Å². The molecule has 1 aromatic carbocycles. The second kappa shape index (κ2) is 8.41. The lowest BCUT2D eigenvalue weighted by molar-refractivity contribution is -0.134. The molecule has 0 spiro atoms. The van der Waals surface area contributed by atoms with Crippen LogP contribution >= 0.6 is 0 Å². The van der Waals surface area contributed by atoms with Gasteiger partial charge in [0.25, 0.3) is 11.8 Å². The summed E-state index contributed by atoms with van der Waals surface area (Å²) in [6.45, 7) is 2.88. The number of hydrogen-bond acceptors (Lipinski definition) is 5. The number of carbonyl (C=O) groups is 2. The fourth-order valence-electron chi connectivity index (χ4n) is 2.95. The number of likely N-dealkylation sites (tertiary alicyclic amines) is 1. The van der Waals surface area contributed by atoms with E-state index in [1.807, 2.05) is 6.07 Å². The molecule has 0 atom stereocenters. The lowest BCUT2D eigenvalue weighted by Crippen LogP contribution is -2.47. The van der Waals surface area contributed by atoms with Crippen molar-refractivity contribution in [2.45, 2.75) is 25.8 Å². The fraction of sp³-hybridized carbons (Fsp3) is 0.350. The summed E-state index contributed by atoms with van der Waals surface area (Å²) in [6.07, 6.45) is 1.38. The molecule has 140 valence electrons. The van der Waals surface area contributed by atoms with Crippen LogP contribution in [0.15, 0.2) is 40.8 Å². The van der Waals surface area contributed by atoms with Crippen LogP contribution in [0, 0.1) is 18.3 Å². The molecule has 2 aromatic rings. The molecule has 2 heterocycles. The number of carbonyl (C=O) groups excluding carboxylic acids is 2. The number of ether oxygens (including phenoxy) is 1. The molecule has 1 saturated heterocycles. The molecule has 0 bridgehead atoms. The van der Waals surface area contributed by atoms with Crippen molar-refractivity contribution in [2.24, 2.45) is 0 Å². The Hall–Kier alpha value is -3.27. The summed E-state index contributed by atoms with van der Waals surface area (Å²) in [5.41, 5.74) is 0.544. The number of piperidine rings is 1. The molecule has 0 saturated carbocycles. The van der Waals surface area contributed by atoms with Crippen LogP contribution in [-0.4, -0.2) is 42.5 Å². The highest BCUT2D eigenvalue weighted by atomic mass is 16.5. The van der Waals surface area contributed by atoms with Crippen molar-refractivity contribution >= 4 is 11.8 Å². The number of furan rings is 1. The molecule has 0 aliphatic carbocycles. The van der Waals surface area contributed by atoms with Crippen molar-refractivity contribution in [3.8, 4) is 11.8 Å². The molecule has 3 rings (SSSR count). The Labute approximate surface area is 157 Å². The van der Waals surface area contributed by atoms with Crippen molar-refractivity contribution in [2.75, 3.05) is 19.7 Å². The van der Waals surface area contributed by atoms with Gasteiger partial charge in [0.15, 0.2) is 12.4 Å². The van der Waals surface area contributed by atoms with Gasteiger partial charge >= 0.3 is 0 Å². The summed E-state index contributed by atoms with van der Waals surface area (Å²) in [5.74, 6) is 1.24. The SMILES string of the molecule is Cc1ccc(C(=O)NC2CCN(C(=O)COc3ccc(C#N)cc3)CC2)o1. The number of amides is 2. The van der Waals surface area contributed by atoms with Crippen LogP contribution in [0.1, 0.15) is 34.7 Å². The lowest BCUT2D eigenvalue weighted by atomic mass is 10.0. The Kier molecular flexibility index (Phi) is 5.77. The summed E-state index contributed by atoms with van der Waals surface area (Å²) >= 11 is 0. The maximum Gasteiger partial charge on any atom is 0.287 e. The monoisotopic (exact) mass is 367 g/mol. The highest BCUT2D eigenvalue weighted by Gasteiger charge is 2.25. The van der Waals surface area contributed by atoms with Gasteiger partial charge in [-0.15, -0.1) is 0 Å². The van der Waals surface area contributed by atoms with E-state index in [9.17, 15) is 9.59 Å². The van der Waals surface area contributed by atoms with Crippen molar-refractivity contribution in [3.63, 3.8) is 0 Å². The van der Waals surface area contributed by atoms with Crippen LogP contribution < -0.4 is 10.1 Å². The molecule has 7 nitrogen and oxygen atoms in total. The average molecular weight is 367 g/mol. The molecule has 1 aromatic heterocycles. The van der Waals surface area contributed by atoms with E-state index >= 15 is 0 Å². The zero-order valence-electron chi connectivity index (χ0n) is 15.1. The minimum absolute atomic E-state index is 0.0198. The number of hydrogen-bond donors (Lipinski definition) is 1. The van der Waals surface area contributed by atoms with Gasteiger partial charge < -0.3 is 19.4 Å². The van der Waals surface area contributed by atoms with Gasteiger partial charge in [0.1, 0.15) is 11.5 Å². The standard InChI is InChI=1S/C20H21N3O4/c1-14-2-7-18(27-14)20(25)22-16-8-10-23(11-9-16)19(24)13-26-17-5-3-15(12-21)4-6-17/h2-7,16H,8-11,13H2,1H3,(H,22,25). The summed E-state index contributed by atoms with van der Waals surface area (Å²) in [6, 6.07) is 12.1. The van der Waals surface area contributed by atoms with Crippen LogP contribution in [0.2, 0.25) is 0 Å². The molecular formula is C20H21N3O4. The zero-order chi connectivity index (χ0) is 19.2. The van der Waals surface area contributed by atoms with E-state index in [1.54, 1.807) is 48.2 Å². The highest BCUT2D eigenvalue weighted by molar-refractivity contribution is 5.91. The molecule has 1 N–H and O–H groups in total. The number of nitrogens with one attached hydrogen (secondary N) is 1. The number of nitriles is 1. The normalized spacial score (nSPS) is 14.4. The molecule has 0 unspecified atom stereocenters. The highest BCUT2D eigenvalue weighted by Crippen LogP contribution is 2.15. The largest absolute Gasteiger partial charge is 0.484 e. The summed E-state index contributed by atoms with van der Waals surface area (Å²) < 4.78 is 10.8. The van der Waals surface area contributed by atoms with Crippen LogP contribution in [0.4, 0.5) is 0 Å². The Morgan fingerprint density at radius 2 is 1.93 bits per heavy atom. The third-order valence-corrected chi connectivity index (χ3v) is 4.49. The number of nitrogens with zero attached hydrogens (tertiary/aromatic N) is 2. The van der Waals surface area contributed by atoms with Crippen molar-refractivity contribution < 1.29 is 18.7 Å². The van der Waals surface area contributed by atoms with Crippen molar-refractivity contribution in [1.82, 2.24) is 10.2 Å². The van der Waals surface area contributed by atoms with E-state index in [0.29, 0.717) is 48.8 Å². The van der Waals surface area contributed by atoms with Gasteiger partial charge in [-0.1, -0.05) is 0 Å². The third kappa shape index (κ3) is 4.88. The first-order valence-corrected chi connectivity index (χ1v) is 8.83. The predicted octanol–water partition coefficient (Wildman–Crippen LogP) is 2.26. The van der Waals surface area contributed by atoms with Crippen LogP contribution in [0.25, 0.3) is 0 Å². The molecule has 1 aliphatic heterocycles. The van der Waals surface area contributed by atoms with Gasteiger partial charge in [-0.25, -0.2) is 0 Å². The second-order valence-corrected chi connectivity index (χ2v) is 6.46. The number of aryl methyl sites for hydroxylation is 1. The predicted molar refractivity (Wildman–Crippen MR) is 97.2 cm³/mol. The van der Waals surface area contributed by atoms with Gasteiger partial charge in [0.05, 0.1) is 11.6 Å². The molecule has 7 heteroatoms. The number of rotatable bonds is 5. The minimum Gasteiger partial charge on any atom is -0.484 e. The van der Waals surface area contributed by atoms with Crippen molar-refractivity contribution in [1.29, 1.82) is 5.26 Å². The molecule has 2 amide bonds. The second-order valence-electron chi connectivity index (χ2n) is 6.46. The Bertz CT molecular complexity index is 843. The molecular weight excluding hydrogens is 346 g/mol. The van der Waals surface area contributed by atoms with Gasteiger partial charge in [0.2, 0.25) is 0 Å². The Morgan fingerprint density at radius 3 is 2.52 bits per heavy atom. The minimum atomic E-state index is -0.225. The Balaban J connectivity index is 1.42. The molecule has 0 radical (unpaired) electrons. The van der Waals surface area contributed by atoms with Crippen LogP contribution in [0.3, 0.4) is 0 Å². The Morgan fingerprint density at radius 1 is 1.22 bits per heavy atom. The van der Waals surface area contributed by atoms with E-state index in [4.69, 9.17) is 14.4 Å². The third-order valence-electron chi connectivity index (χ3n) is 4.49. The van der Waals surface area contributed by atoms with E-state index < -0.39 is 0 Å². The van der Waals surface area contributed by atoms with Gasteiger partial charge in [-0.2, -0.15) is 5.26 Å². The smallest absolute Gasteiger partial charge is 0.287 e.